The van der Waals surface area contributed by atoms with E-state index in [1.54, 1.807) is 18.2 Å². The molecule has 0 amide bonds. The lowest BCUT2D eigenvalue weighted by Crippen LogP contribution is -1.86. The number of nitro groups is 1. The zero-order chi connectivity index (χ0) is 14.3. The van der Waals surface area contributed by atoms with Crippen molar-refractivity contribution in [2.24, 2.45) is 0 Å². The second kappa shape index (κ2) is 4.77. The third-order valence-corrected chi connectivity index (χ3v) is 3.31. The van der Waals surface area contributed by atoms with Crippen LogP contribution in [0.15, 0.2) is 40.8 Å². The van der Waals surface area contributed by atoms with E-state index in [2.05, 4.69) is 4.98 Å². The van der Waals surface area contributed by atoms with Crippen LogP contribution in [0.5, 0.6) is 0 Å². The molecule has 100 valence electrons. The van der Waals surface area contributed by atoms with Crippen molar-refractivity contribution in [3.8, 4) is 11.5 Å². The number of rotatable bonds is 2. The number of oxazole rings is 1. The fourth-order valence-electron chi connectivity index (χ4n) is 1.81. The molecule has 1 aromatic heterocycles. The average Bonchev–Trinajstić information content (AvgIpc) is 2.83. The minimum Gasteiger partial charge on any atom is -0.436 e. The molecule has 0 N–H and O–H groups in total. The number of nitrogens with zero attached hydrogens (tertiary/aromatic N) is 2. The Balaban J connectivity index is 2.17. The van der Waals surface area contributed by atoms with E-state index in [1.165, 1.54) is 18.2 Å². The van der Waals surface area contributed by atoms with Crippen molar-refractivity contribution < 1.29 is 9.34 Å². The van der Waals surface area contributed by atoms with Crippen molar-refractivity contribution in [3.63, 3.8) is 0 Å². The van der Waals surface area contributed by atoms with Gasteiger partial charge in [0.05, 0.1) is 15.5 Å². The first-order chi connectivity index (χ1) is 9.54. The lowest BCUT2D eigenvalue weighted by Gasteiger charge is -1.99. The Morgan fingerprint density at radius 1 is 1.15 bits per heavy atom. The van der Waals surface area contributed by atoms with E-state index in [0.29, 0.717) is 26.7 Å². The van der Waals surface area contributed by atoms with Gasteiger partial charge in [-0.2, -0.15) is 0 Å². The predicted octanol–water partition coefficient (Wildman–Crippen LogP) is 4.71. The molecule has 0 bridgehead atoms. The molecule has 0 saturated heterocycles. The van der Waals surface area contributed by atoms with Gasteiger partial charge in [-0.1, -0.05) is 23.2 Å². The number of halogens is 2. The van der Waals surface area contributed by atoms with Crippen LogP contribution in [0.4, 0.5) is 5.69 Å². The van der Waals surface area contributed by atoms with Crippen LogP contribution >= 0.6 is 23.2 Å². The first-order valence-electron chi connectivity index (χ1n) is 5.55. The molecule has 0 spiro atoms. The van der Waals surface area contributed by atoms with E-state index >= 15 is 0 Å². The van der Waals surface area contributed by atoms with E-state index in [9.17, 15) is 10.1 Å². The van der Waals surface area contributed by atoms with Gasteiger partial charge >= 0.3 is 0 Å². The molecule has 0 fully saturated rings. The summed E-state index contributed by atoms with van der Waals surface area (Å²) in [6.45, 7) is 0. The van der Waals surface area contributed by atoms with Crippen LogP contribution in [0, 0.1) is 10.1 Å². The second-order valence-electron chi connectivity index (χ2n) is 4.05. The highest BCUT2D eigenvalue weighted by atomic mass is 35.5. The van der Waals surface area contributed by atoms with Gasteiger partial charge in [-0.05, 0) is 24.3 Å². The van der Waals surface area contributed by atoms with Gasteiger partial charge in [0.1, 0.15) is 5.52 Å². The van der Waals surface area contributed by atoms with Gasteiger partial charge in [0.25, 0.3) is 5.69 Å². The van der Waals surface area contributed by atoms with Gasteiger partial charge in [-0.15, -0.1) is 0 Å². The van der Waals surface area contributed by atoms with Crippen LogP contribution in [-0.4, -0.2) is 9.91 Å². The molecule has 0 unspecified atom stereocenters. The standard InChI is InChI=1S/C13H6Cl2N2O3/c14-7-1-3-10(15)9(5-7)13-16-11-6-8(17(18)19)2-4-12(11)20-13/h1-6H. The summed E-state index contributed by atoms with van der Waals surface area (Å²) in [6.07, 6.45) is 0. The van der Waals surface area contributed by atoms with Crippen LogP contribution in [0.25, 0.3) is 22.6 Å². The monoisotopic (exact) mass is 308 g/mol. The number of benzene rings is 2. The Morgan fingerprint density at radius 3 is 2.70 bits per heavy atom. The predicted molar refractivity (Wildman–Crippen MR) is 76.1 cm³/mol. The van der Waals surface area contributed by atoms with Gasteiger partial charge in [0.15, 0.2) is 5.58 Å². The Hall–Kier alpha value is -2.11. The molecule has 5 nitrogen and oxygen atoms in total. The van der Waals surface area contributed by atoms with E-state index in [1.807, 2.05) is 0 Å². The smallest absolute Gasteiger partial charge is 0.271 e. The van der Waals surface area contributed by atoms with Crippen molar-refractivity contribution in [3.05, 3.63) is 56.6 Å². The number of aromatic nitrogens is 1. The van der Waals surface area contributed by atoms with Crippen LogP contribution in [0.1, 0.15) is 0 Å². The van der Waals surface area contributed by atoms with E-state index in [4.69, 9.17) is 27.6 Å². The minimum atomic E-state index is -0.486. The lowest BCUT2D eigenvalue weighted by atomic mass is 10.2. The average molecular weight is 309 g/mol. The third-order valence-electron chi connectivity index (χ3n) is 2.74. The number of hydrogen-bond donors (Lipinski definition) is 0. The fraction of sp³-hybridized carbons (Fsp3) is 0. The van der Waals surface area contributed by atoms with Crippen molar-refractivity contribution in [1.29, 1.82) is 0 Å². The van der Waals surface area contributed by atoms with Gasteiger partial charge < -0.3 is 4.42 Å². The Morgan fingerprint density at radius 2 is 1.95 bits per heavy atom. The quantitative estimate of drug-likeness (QED) is 0.508. The summed E-state index contributed by atoms with van der Waals surface area (Å²) in [5.41, 5.74) is 1.33. The van der Waals surface area contributed by atoms with Gasteiger partial charge in [-0.25, -0.2) is 4.98 Å². The Bertz CT molecular complexity index is 830. The molecular weight excluding hydrogens is 303 g/mol. The maximum absolute atomic E-state index is 10.7. The number of hydrogen-bond acceptors (Lipinski definition) is 4. The van der Waals surface area contributed by atoms with Gasteiger partial charge in [0, 0.05) is 17.2 Å². The zero-order valence-corrected chi connectivity index (χ0v) is 11.4. The van der Waals surface area contributed by atoms with Crippen molar-refractivity contribution in [2.45, 2.75) is 0 Å². The zero-order valence-electron chi connectivity index (χ0n) is 9.84. The molecule has 20 heavy (non-hydrogen) atoms. The maximum atomic E-state index is 10.7. The van der Waals surface area contributed by atoms with Gasteiger partial charge in [-0.3, -0.25) is 10.1 Å². The summed E-state index contributed by atoms with van der Waals surface area (Å²) in [6, 6.07) is 9.13. The second-order valence-corrected chi connectivity index (χ2v) is 4.90. The van der Waals surface area contributed by atoms with Gasteiger partial charge in [0.2, 0.25) is 5.89 Å². The highest BCUT2D eigenvalue weighted by molar-refractivity contribution is 6.35. The summed E-state index contributed by atoms with van der Waals surface area (Å²) >= 11 is 12.0. The summed E-state index contributed by atoms with van der Waals surface area (Å²) in [4.78, 5) is 14.5. The summed E-state index contributed by atoms with van der Waals surface area (Å²) in [5, 5.41) is 11.7. The third kappa shape index (κ3) is 2.21. The maximum Gasteiger partial charge on any atom is 0.271 e. The van der Waals surface area contributed by atoms with E-state index in [-0.39, 0.29) is 11.6 Å². The molecule has 2 aromatic carbocycles. The van der Waals surface area contributed by atoms with Crippen molar-refractivity contribution in [2.75, 3.05) is 0 Å². The molecule has 1 heterocycles. The van der Waals surface area contributed by atoms with Crippen LogP contribution in [0.3, 0.4) is 0 Å². The summed E-state index contributed by atoms with van der Waals surface area (Å²) in [5.74, 6) is 0.271. The molecule has 7 heteroatoms. The minimum absolute atomic E-state index is 0.0467. The summed E-state index contributed by atoms with van der Waals surface area (Å²) in [7, 11) is 0. The van der Waals surface area contributed by atoms with E-state index < -0.39 is 4.92 Å². The number of nitro benzene ring substituents is 1. The molecule has 3 aromatic rings. The lowest BCUT2D eigenvalue weighted by molar-refractivity contribution is -0.384. The largest absolute Gasteiger partial charge is 0.436 e. The molecule has 0 saturated carbocycles. The molecule has 3 rings (SSSR count). The Labute approximate surface area is 122 Å². The van der Waals surface area contributed by atoms with Crippen LogP contribution < -0.4 is 0 Å². The van der Waals surface area contributed by atoms with Crippen LogP contribution in [-0.2, 0) is 0 Å². The van der Waals surface area contributed by atoms with Crippen molar-refractivity contribution >= 4 is 40.0 Å². The molecule has 0 aliphatic carbocycles. The van der Waals surface area contributed by atoms with Crippen LogP contribution in [0.2, 0.25) is 10.0 Å². The molecule has 0 radical (unpaired) electrons. The normalized spacial score (nSPS) is 10.9. The Kier molecular flexibility index (Phi) is 3.08. The topological polar surface area (TPSA) is 69.2 Å². The fourth-order valence-corrected chi connectivity index (χ4v) is 2.18. The summed E-state index contributed by atoms with van der Waals surface area (Å²) < 4.78 is 5.55. The first kappa shape index (κ1) is 12.9. The highest BCUT2D eigenvalue weighted by Crippen LogP contribution is 2.32. The molecular formula is C13H6Cl2N2O3. The van der Waals surface area contributed by atoms with E-state index in [0.717, 1.165) is 0 Å². The molecule has 0 aliphatic rings. The number of fused-ring (bicyclic) bond motifs is 1. The van der Waals surface area contributed by atoms with Crippen molar-refractivity contribution in [1.82, 2.24) is 4.98 Å². The molecule has 0 aliphatic heterocycles. The first-order valence-corrected chi connectivity index (χ1v) is 6.30. The highest BCUT2D eigenvalue weighted by Gasteiger charge is 2.15. The SMILES string of the molecule is O=[N+]([O-])c1ccc2oc(-c3cc(Cl)ccc3Cl)nc2c1. The molecule has 0 atom stereocenters. The number of non-ortho nitro benzene ring substituents is 1.